The number of carbonyl (C=O) groups excluding carboxylic acids is 1. The van der Waals surface area contributed by atoms with Crippen LogP contribution in [0.4, 0.5) is 4.79 Å². The van der Waals surface area contributed by atoms with E-state index in [0.29, 0.717) is 12.5 Å². The monoisotopic (exact) mass is 297 g/mol. The SMILES string of the molecule is Cc1noc(C)c1C(C)CNC(=O)NC(CO)CC(C)C. The third-order valence-electron chi connectivity index (χ3n) is 3.46. The van der Waals surface area contributed by atoms with Crippen LogP contribution in [-0.2, 0) is 0 Å². The van der Waals surface area contributed by atoms with Crippen LogP contribution < -0.4 is 10.6 Å². The average Bonchev–Trinajstić information content (AvgIpc) is 2.74. The van der Waals surface area contributed by atoms with Crippen molar-refractivity contribution in [1.29, 1.82) is 0 Å². The van der Waals surface area contributed by atoms with E-state index in [4.69, 9.17) is 4.52 Å². The highest BCUT2D eigenvalue weighted by Gasteiger charge is 2.18. The maximum Gasteiger partial charge on any atom is 0.315 e. The molecule has 0 saturated heterocycles. The van der Waals surface area contributed by atoms with E-state index in [1.807, 2.05) is 20.8 Å². The van der Waals surface area contributed by atoms with Crippen LogP contribution in [0.2, 0.25) is 0 Å². The molecule has 1 rings (SSSR count). The quantitative estimate of drug-likeness (QED) is 0.719. The molecule has 0 aliphatic carbocycles. The van der Waals surface area contributed by atoms with Crippen LogP contribution in [0.25, 0.3) is 0 Å². The molecule has 0 radical (unpaired) electrons. The van der Waals surface area contributed by atoms with Gasteiger partial charge < -0.3 is 20.3 Å². The van der Waals surface area contributed by atoms with Crippen LogP contribution in [0.3, 0.4) is 0 Å². The lowest BCUT2D eigenvalue weighted by molar-refractivity contribution is 0.206. The minimum Gasteiger partial charge on any atom is -0.394 e. The van der Waals surface area contributed by atoms with Crippen molar-refractivity contribution in [3.8, 4) is 0 Å². The zero-order chi connectivity index (χ0) is 16.0. The van der Waals surface area contributed by atoms with Gasteiger partial charge >= 0.3 is 6.03 Å². The van der Waals surface area contributed by atoms with Crippen LogP contribution in [0.1, 0.15) is 50.1 Å². The fraction of sp³-hybridized carbons (Fsp3) is 0.733. The van der Waals surface area contributed by atoms with E-state index in [9.17, 15) is 9.90 Å². The van der Waals surface area contributed by atoms with E-state index in [0.717, 1.165) is 23.4 Å². The van der Waals surface area contributed by atoms with Crippen molar-refractivity contribution in [3.63, 3.8) is 0 Å². The molecule has 0 spiro atoms. The molecule has 1 aromatic rings. The predicted octanol–water partition coefficient (Wildman–Crippen LogP) is 2.10. The number of amides is 2. The molecule has 2 unspecified atom stereocenters. The third kappa shape index (κ3) is 5.38. The van der Waals surface area contributed by atoms with Crippen molar-refractivity contribution >= 4 is 6.03 Å². The van der Waals surface area contributed by atoms with Gasteiger partial charge in [-0.2, -0.15) is 0 Å². The summed E-state index contributed by atoms with van der Waals surface area (Å²) in [5.41, 5.74) is 1.89. The molecule has 1 heterocycles. The normalized spacial score (nSPS) is 14.0. The molecule has 0 aliphatic rings. The van der Waals surface area contributed by atoms with Gasteiger partial charge in [0.2, 0.25) is 0 Å². The highest BCUT2D eigenvalue weighted by Crippen LogP contribution is 2.22. The first-order valence-electron chi connectivity index (χ1n) is 7.43. The van der Waals surface area contributed by atoms with Crippen molar-refractivity contribution in [1.82, 2.24) is 15.8 Å². The first-order chi connectivity index (χ1) is 9.85. The average molecular weight is 297 g/mol. The molecular weight excluding hydrogens is 270 g/mol. The molecule has 0 fully saturated rings. The second kappa shape index (κ2) is 8.02. The van der Waals surface area contributed by atoms with Crippen LogP contribution in [0.15, 0.2) is 4.52 Å². The van der Waals surface area contributed by atoms with Crippen LogP contribution in [0.5, 0.6) is 0 Å². The molecule has 3 N–H and O–H groups in total. The fourth-order valence-corrected chi connectivity index (χ4v) is 2.53. The predicted molar refractivity (Wildman–Crippen MR) is 81.3 cm³/mol. The molecular formula is C15H27N3O3. The topological polar surface area (TPSA) is 87.4 Å². The molecule has 1 aromatic heterocycles. The Morgan fingerprint density at radius 1 is 1.33 bits per heavy atom. The zero-order valence-electron chi connectivity index (χ0n) is 13.6. The number of hydrogen-bond donors (Lipinski definition) is 3. The van der Waals surface area contributed by atoms with Crippen molar-refractivity contribution in [2.75, 3.05) is 13.2 Å². The molecule has 21 heavy (non-hydrogen) atoms. The van der Waals surface area contributed by atoms with E-state index in [2.05, 4.69) is 29.6 Å². The van der Waals surface area contributed by atoms with Crippen molar-refractivity contribution in [3.05, 3.63) is 17.0 Å². The Bertz CT molecular complexity index is 438. The van der Waals surface area contributed by atoms with E-state index >= 15 is 0 Å². The first kappa shape index (κ1) is 17.5. The molecule has 2 atom stereocenters. The lowest BCUT2D eigenvalue weighted by Crippen LogP contribution is -2.45. The van der Waals surface area contributed by atoms with Gasteiger partial charge in [-0.05, 0) is 26.2 Å². The van der Waals surface area contributed by atoms with Gasteiger partial charge in [0.1, 0.15) is 5.76 Å². The van der Waals surface area contributed by atoms with Crippen molar-refractivity contribution < 1.29 is 14.4 Å². The Morgan fingerprint density at radius 2 is 2.00 bits per heavy atom. The number of aryl methyl sites for hydroxylation is 2. The van der Waals surface area contributed by atoms with Crippen molar-refractivity contribution in [2.45, 2.75) is 53.0 Å². The molecule has 6 nitrogen and oxygen atoms in total. The minimum absolute atomic E-state index is 0.0506. The number of aromatic nitrogens is 1. The van der Waals surface area contributed by atoms with Crippen LogP contribution >= 0.6 is 0 Å². The number of rotatable bonds is 7. The van der Waals surface area contributed by atoms with Gasteiger partial charge in [0.15, 0.2) is 0 Å². The standard InChI is InChI=1S/C15H27N3O3/c1-9(2)6-13(8-19)17-15(20)16-7-10(3)14-11(4)18-21-12(14)5/h9-10,13,19H,6-8H2,1-5H3,(H2,16,17,20). The third-order valence-corrected chi connectivity index (χ3v) is 3.46. The molecule has 2 amide bonds. The summed E-state index contributed by atoms with van der Waals surface area (Å²) in [7, 11) is 0. The Morgan fingerprint density at radius 3 is 2.48 bits per heavy atom. The lowest BCUT2D eigenvalue weighted by atomic mass is 10.00. The Labute approximate surface area is 126 Å². The Balaban J connectivity index is 2.45. The van der Waals surface area contributed by atoms with Gasteiger partial charge in [-0.25, -0.2) is 4.79 Å². The van der Waals surface area contributed by atoms with Crippen LogP contribution in [-0.4, -0.2) is 35.5 Å². The number of nitrogens with zero attached hydrogens (tertiary/aromatic N) is 1. The number of hydrogen-bond acceptors (Lipinski definition) is 4. The summed E-state index contributed by atoms with van der Waals surface area (Å²) in [6.45, 7) is 10.3. The molecule has 0 aliphatic heterocycles. The second-order valence-corrected chi connectivity index (χ2v) is 6.00. The lowest BCUT2D eigenvalue weighted by Gasteiger charge is -2.19. The number of nitrogens with one attached hydrogen (secondary N) is 2. The van der Waals surface area contributed by atoms with Crippen molar-refractivity contribution in [2.24, 2.45) is 5.92 Å². The van der Waals surface area contributed by atoms with Gasteiger partial charge in [-0.1, -0.05) is 25.9 Å². The first-order valence-corrected chi connectivity index (χ1v) is 7.43. The van der Waals surface area contributed by atoms with Gasteiger partial charge in [-0.15, -0.1) is 0 Å². The van der Waals surface area contributed by atoms with E-state index < -0.39 is 0 Å². The summed E-state index contributed by atoms with van der Waals surface area (Å²) in [6.07, 6.45) is 0.753. The molecule has 0 bridgehead atoms. The van der Waals surface area contributed by atoms with Gasteiger partial charge in [0, 0.05) is 18.0 Å². The maximum absolute atomic E-state index is 11.9. The minimum atomic E-state index is -0.256. The summed E-state index contributed by atoms with van der Waals surface area (Å²) < 4.78 is 5.14. The van der Waals surface area contributed by atoms with E-state index in [1.165, 1.54) is 0 Å². The fourth-order valence-electron chi connectivity index (χ4n) is 2.53. The summed E-state index contributed by atoms with van der Waals surface area (Å²) in [6, 6.07) is -0.465. The summed E-state index contributed by atoms with van der Waals surface area (Å²) in [5.74, 6) is 1.33. The smallest absolute Gasteiger partial charge is 0.315 e. The largest absolute Gasteiger partial charge is 0.394 e. The highest BCUT2D eigenvalue weighted by molar-refractivity contribution is 5.74. The van der Waals surface area contributed by atoms with Gasteiger partial charge in [-0.3, -0.25) is 0 Å². The zero-order valence-corrected chi connectivity index (χ0v) is 13.6. The second-order valence-electron chi connectivity index (χ2n) is 6.00. The number of urea groups is 1. The number of aliphatic hydroxyl groups excluding tert-OH is 1. The number of carbonyl (C=O) groups is 1. The molecule has 120 valence electrons. The summed E-state index contributed by atoms with van der Waals surface area (Å²) >= 11 is 0. The molecule has 0 saturated carbocycles. The highest BCUT2D eigenvalue weighted by atomic mass is 16.5. The van der Waals surface area contributed by atoms with E-state index in [-0.39, 0.29) is 24.6 Å². The van der Waals surface area contributed by atoms with E-state index in [1.54, 1.807) is 0 Å². The van der Waals surface area contributed by atoms with Gasteiger partial charge in [0.25, 0.3) is 0 Å². The summed E-state index contributed by atoms with van der Waals surface area (Å²) in [4.78, 5) is 11.9. The Hall–Kier alpha value is -1.56. The molecule has 6 heteroatoms. The Kier molecular flexibility index (Phi) is 6.68. The van der Waals surface area contributed by atoms with Crippen LogP contribution in [0, 0.1) is 19.8 Å². The maximum atomic E-state index is 11.9. The summed E-state index contributed by atoms with van der Waals surface area (Å²) in [5, 5.41) is 18.8. The van der Waals surface area contributed by atoms with Gasteiger partial charge in [0.05, 0.1) is 18.3 Å². The molecule has 0 aromatic carbocycles. The number of aliphatic hydroxyl groups is 1.